The quantitative estimate of drug-likeness (QED) is 0.739. The van der Waals surface area contributed by atoms with E-state index in [4.69, 9.17) is 16.3 Å². The molecule has 1 amide bonds. The average Bonchev–Trinajstić information content (AvgIpc) is 2.94. The Morgan fingerprint density at radius 1 is 1.26 bits per heavy atom. The molecule has 0 radical (unpaired) electrons. The van der Waals surface area contributed by atoms with Crippen LogP contribution in [-0.2, 0) is 0 Å². The van der Waals surface area contributed by atoms with Crippen molar-refractivity contribution in [2.45, 2.75) is 13.8 Å². The zero-order valence-electron chi connectivity index (χ0n) is 12.9. The number of methoxy groups -OCH3 is 1. The maximum Gasteiger partial charge on any atom is 0.257 e. The van der Waals surface area contributed by atoms with E-state index in [1.54, 1.807) is 19.2 Å². The van der Waals surface area contributed by atoms with Gasteiger partial charge in [0, 0.05) is 5.56 Å². The molecule has 0 spiro atoms. The molecule has 4 nitrogen and oxygen atoms in total. The van der Waals surface area contributed by atoms with Gasteiger partial charge in [-0.15, -0.1) is 0 Å². The normalized spacial score (nSPS) is 10.8. The molecule has 23 heavy (non-hydrogen) atoms. The number of carbonyl (C=O) groups excluding carboxylic acids is 1. The van der Waals surface area contributed by atoms with E-state index in [-0.39, 0.29) is 5.91 Å². The second kappa shape index (κ2) is 6.18. The van der Waals surface area contributed by atoms with Gasteiger partial charge in [-0.1, -0.05) is 40.6 Å². The molecule has 0 saturated heterocycles. The summed E-state index contributed by atoms with van der Waals surface area (Å²) in [6, 6.07) is 9.31. The lowest BCUT2D eigenvalue weighted by atomic mass is 10.1. The van der Waals surface area contributed by atoms with Crippen molar-refractivity contribution in [3.8, 4) is 5.75 Å². The number of benzene rings is 2. The summed E-state index contributed by atoms with van der Waals surface area (Å²) in [5.74, 6) is 0.452. The summed E-state index contributed by atoms with van der Waals surface area (Å²) < 4.78 is 6.09. The molecule has 0 saturated carbocycles. The fourth-order valence-corrected chi connectivity index (χ4v) is 3.47. The van der Waals surface area contributed by atoms with Crippen molar-refractivity contribution in [3.05, 3.63) is 52.0 Å². The fourth-order valence-electron chi connectivity index (χ4n) is 2.32. The molecule has 3 rings (SSSR count). The molecule has 1 aromatic heterocycles. The third-order valence-electron chi connectivity index (χ3n) is 3.54. The summed E-state index contributed by atoms with van der Waals surface area (Å²) in [6.45, 7) is 3.87. The van der Waals surface area contributed by atoms with Crippen molar-refractivity contribution in [1.29, 1.82) is 0 Å². The van der Waals surface area contributed by atoms with Gasteiger partial charge in [0.2, 0.25) is 0 Å². The Bertz CT molecular complexity index is 905. The number of aryl methyl sites for hydroxylation is 2. The zero-order valence-corrected chi connectivity index (χ0v) is 14.5. The highest BCUT2D eigenvalue weighted by molar-refractivity contribution is 7.23. The number of amides is 1. The number of ether oxygens (including phenoxy) is 1. The lowest BCUT2D eigenvalue weighted by molar-refractivity contribution is 0.102. The summed E-state index contributed by atoms with van der Waals surface area (Å²) in [4.78, 5) is 16.9. The van der Waals surface area contributed by atoms with Crippen molar-refractivity contribution >= 4 is 44.2 Å². The third kappa shape index (κ3) is 3.02. The molecule has 0 aliphatic heterocycles. The van der Waals surface area contributed by atoms with Gasteiger partial charge in [-0.2, -0.15) is 0 Å². The van der Waals surface area contributed by atoms with Crippen molar-refractivity contribution in [3.63, 3.8) is 0 Å². The molecular weight excluding hydrogens is 332 g/mol. The number of nitrogens with one attached hydrogen (secondary N) is 1. The van der Waals surface area contributed by atoms with Gasteiger partial charge in [-0.25, -0.2) is 4.98 Å². The molecule has 6 heteroatoms. The van der Waals surface area contributed by atoms with E-state index >= 15 is 0 Å². The van der Waals surface area contributed by atoms with Crippen LogP contribution in [0.2, 0.25) is 5.02 Å². The molecule has 3 aromatic rings. The number of hydrogen-bond donors (Lipinski definition) is 1. The first kappa shape index (κ1) is 15.8. The molecule has 118 valence electrons. The standard InChI is InChI=1S/C17H15ClN2O2S/c1-9-4-5-10(2)11(8-9)16(21)20-17-19-14-13(22-3)7-6-12(18)15(14)23-17/h4-8H,1-3H3,(H,19,20,21). The van der Waals surface area contributed by atoms with Crippen LogP contribution in [0.4, 0.5) is 5.13 Å². The predicted octanol–water partition coefficient (Wildman–Crippen LogP) is 4.83. The van der Waals surface area contributed by atoms with Gasteiger partial charge in [-0.3, -0.25) is 10.1 Å². The molecular formula is C17H15ClN2O2S. The maximum absolute atomic E-state index is 12.5. The van der Waals surface area contributed by atoms with Gasteiger partial charge in [0.05, 0.1) is 16.8 Å². The number of nitrogens with zero attached hydrogens (tertiary/aromatic N) is 1. The summed E-state index contributed by atoms with van der Waals surface area (Å²) in [7, 11) is 1.58. The molecule has 0 bridgehead atoms. The van der Waals surface area contributed by atoms with Crippen molar-refractivity contribution < 1.29 is 9.53 Å². The Kier molecular flexibility index (Phi) is 4.24. The van der Waals surface area contributed by atoms with E-state index in [0.717, 1.165) is 15.8 Å². The van der Waals surface area contributed by atoms with Crippen LogP contribution in [0.15, 0.2) is 30.3 Å². The van der Waals surface area contributed by atoms with Crippen LogP contribution in [0.25, 0.3) is 10.2 Å². The fraction of sp³-hybridized carbons (Fsp3) is 0.176. The topological polar surface area (TPSA) is 51.2 Å². The highest BCUT2D eigenvalue weighted by Gasteiger charge is 2.15. The Hall–Kier alpha value is -2.11. The minimum atomic E-state index is -0.180. The number of thiazole rings is 1. The molecule has 0 fully saturated rings. The number of halogens is 1. The number of anilines is 1. The van der Waals surface area contributed by atoms with Gasteiger partial charge in [0.25, 0.3) is 5.91 Å². The number of rotatable bonds is 3. The van der Waals surface area contributed by atoms with Gasteiger partial charge in [-0.05, 0) is 37.6 Å². The van der Waals surface area contributed by atoms with E-state index in [1.165, 1.54) is 11.3 Å². The van der Waals surface area contributed by atoms with Crippen LogP contribution in [0.1, 0.15) is 21.5 Å². The van der Waals surface area contributed by atoms with Gasteiger partial charge in [0.15, 0.2) is 5.13 Å². The summed E-state index contributed by atoms with van der Waals surface area (Å²) in [5.41, 5.74) is 3.25. The van der Waals surface area contributed by atoms with E-state index < -0.39 is 0 Å². The molecule has 0 aliphatic rings. The Morgan fingerprint density at radius 3 is 2.78 bits per heavy atom. The van der Waals surface area contributed by atoms with Crippen molar-refractivity contribution in [1.82, 2.24) is 4.98 Å². The molecule has 0 aliphatic carbocycles. The lowest BCUT2D eigenvalue weighted by Crippen LogP contribution is -2.13. The maximum atomic E-state index is 12.5. The third-order valence-corrected chi connectivity index (χ3v) is 4.97. The molecule has 1 heterocycles. The van der Waals surface area contributed by atoms with E-state index in [0.29, 0.717) is 27.0 Å². The predicted molar refractivity (Wildman–Crippen MR) is 95.1 cm³/mol. The van der Waals surface area contributed by atoms with Crippen LogP contribution in [-0.4, -0.2) is 18.0 Å². The van der Waals surface area contributed by atoms with Gasteiger partial charge >= 0.3 is 0 Å². The first-order valence-corrected chi connectivity index (χ1v) is 8.20. The van der Waals surface area contributed by atoms with Crippen molar-refractivity contribution in [2.75, 3.05) is 12.4 Å². The highest BCUT2D eigenvalue weighted by Crippen LogP contribution is 2.37. The van der Waals surface area contributed by atoms with Gasteiger partial charge in [0.1, 0.15) is 11.3 Å². The van der Waals surface area contributed by atoms with Crippen LogP contribution in [0.5, 0.6) is 5.75 Å². The first-order valence-electron chi connectivity index (χ1n) is 7.01. The number of carbonyl (C=O) groups is 1. The number of fused-ring (bicyclic) bond motifs is 1. The Balaban J connectivity index is 1.97. The van der Waals surface area contributed by atoms with Crippen LogP contribution < -0.4 is 10.1 Å². The highest BCUT2D eigenvalue weighted by atomic mass is 35.5. The minimum absolute atomic E-state index is 0.180. The second-order valence-electron chi connectivity index (χ2n) is 5.22. The first-order chi connectivity index (χ1) is 11.0. The average molecular weight is 347 g/mol. The molecule has 0 atom stereocenters. The summed E-state index contributed by atoms with van der Waals surface area (Å²) >= 11 is 7.53. The summed E-state index contributed by atoms with van der Waals surface area (Å²) in [6.07, 6.45) is 0. The van der Waals surface area contributed by atoms with E-state index in [2.05, 4.69) is 10.3 Å². The Morgan fingerprint density at radius 2 is 2.04 bits per heavy atom. The van der Waals surface area contributed by atoms with Crippen LogP contribution >= 0.6 is 22.9 Å². The van der Waals surface area contributed by atoms with Crippen LogP contribution in [0.3, 0.4) is 0 Å². The monoisotopic (exact) mass is 346 g/mol. The minimum Gasteiger partial charge on any atom is -0.494 e. The largest absolute Gasteiger partial charge is 0.494 e. The zero-order chi connectivity index (χ0) is 16.6. The van der Waals surface area contributed by atoms with E-state index in [1.807, 2.05) is 32.0 Å². The van der Waals surface area contributed by atoms with Crippen molar-refractivity contribution in [2.24, 2.45) is 0 Å². The van der Waals surface area contributed by atoms with Crippen LogP contribution in [0, 0.1) is 13.8 Å². The van der Waals surface area contributed by atoms with Gasteiger partial charge < -0.3 is 4.74 Å². The molecule has 1 N–H and O–H groups in total. The van der Waals surface area contributed by atoms with E-state index in [9.17, 15) is 4.79 Å². The SMILES string of the molecule is COc1ccc(Cl)c2sc(NC(=O)c3cc(C)ccc3C)nc12. The molecule has 2 aromatic carbocycles. The number of aromatic nitrogens is 1. The Labute approximate surface area is 143 Å². The number of hydrogen-bond acceptors (Lipinski definition) is 4. The summed E-state index contributed by atoms with van der Waals surface area (Å²) in [5, 5.41) is 3.93. The smallest absolute Gasteiger partial charge is 0.257 e. The lowest BCUT2D eigenvalue weighted by Gasteiger charge is -2.06. The second-order valence-corrected chi connectivity index (χ2v) is 6.63. The molecule has 0 unspecified atom stereocenters.